The molecule has 0 aromatic heterocycles. The van der Waals surface area contributed by atoms with Crippen molar-refractivity contribution in [3.05, 3.63) is 33.8 Å². The van der Waals surface area contributed by atoms with Gasteiger partial charge >= 0.3 is 0 Å². The minimum absolute atomic E-state index is 0. The van der Waals surface area contributed by atoms with E-state index in [4.69, 9.17) is 23.2 Å². The molecule has 2 heterocycles. The Bertz CT molecular complexity index is 643. The zero-order chi connectivity index (χ0) is 17.8. The molecule has 0 aliphatic carbocycles. The predicted molar refractivity (Wildman–Crippen MR) is 106 cm³/mol. The van der Waals surface area contributed by atoms with E-state index in [2.05, 4.69) is 5.32 Å². The molecule has 0 spiro atoms. The molecule has 5 nitrogen and oxygen atoms in total. The lowest BCUT2D eigenvalue weighted by Crippen LogP contribution is -2.50. The third kappa shape index (κ3) is 5.03. The van der Waals surface area contributed by atoms with E-state index >= 15 is 0 Å². The van der Waals surface area contributed by atoms with E-state index < -0.39 is 0 Å². The molecule has 8 heteroatoms. The van der Waals surface area contributed by atoms with E-state index in [1.54, 1.807) is 23.1 Å². The largest absolute Gasteiger partial charge is 0.339 e. The second-order valence-electron chi connectivity index (χ2n) is 6.67. The number of nitrogens with one attached hydrogen (secondary N) is 1. The minimum atomic E-state index is -0.128. The van der Waals surface area contributed by atoms with Crippen LogP contribution in [-0.4, -0.2) is 60.9 Å². The van der Waals surface area contributed by atoms with Crippen molar-refractivity contribution < 1.29 is 9.59 Å². The van der Waals surface area contributed by atoms with E-state index in [0.29, 0.717) is 49.1 Å². The third-order valence-electron chi connectivity index (χ3n) is 5.03. The first kappa shape index (κ1) is 21.3. The topological polar surface area (TPSA) is 52.7 Å². The Hall–Kier alpha value is -1.01. The van der Waals surface area contributed by atoms with Crippen molar-refractivity contribution in [2.45, 2.75) is 19.3 Å². The fourth-order valence-electron chi connectivity index (χ4n) is 3.44. The summed E-state index contributed by atoms with van der Waals surface area (Å²) in [5.41, 5.74) is 0.419. The number of carbonyl (C=O) groups is 2. The Morgan fingerprint density at radius 3 is 2.46 bits per heavy atom. The Labute approximate surface area is 170 Å². The summed E-state index contributed by atoms with van der Waals surface area (Å²) in [6, 6.07) is 5.07. The fourth-order valence-corrected chi connectivity index (χ4v) is 3.83. The van der Waals surface area contributed by atoms with E-state index in [1.807, 2.05) is 4.90 Å². The molecule has 1 atom stereocenters. The number of hydrogen-bond acceptors (Lipinski definition) is 3. The van der Waals surface area contributed by atoms with Crippen LogP contribution in [0.25, 0.3) is 0 Å². The van der Waals surface area contributed by atoms with E-state index in [0.717, 1.165) is 25.9 Å². The van der Waals surface area contributed by atoms with Crippen LogP contribution in [-0.2, 0) is 4.79 Å². The molecule has 0 saturated carbocycles. The number of carbonyl (C=O) groups excluding carboxylic acids is 2. The number of rotatable bonds is 4. The van der Waals surface area contributed by atoms with Crippen molar-refractivity contribution in [1.29, 1.82) is 0 Å². The zero-order valence-corrected chi connectivity index (χ0v) is 16.9. The number of nitrogens with zero attached hydrogens (tertiary/aromatic N) is 2. The summed E-state index contributed by atoms with van der Waals surface area (Å²) < 4.78 is 0. The van der Waals surface area contributed by atoms with Crippen LogP contribution < -0.4 is 5.32 Å². The first-order chi connectivity index (χ1) is 12.1. The maximum absolute atomic E-state index is 12.6. The highest BCUT2D eigenvalue weighted by molar-refractivity contribution is 6.43. The van der Waals surface area contributed by atoms with Gasteiger partial charge in [-0.05, 0) is 44.0 Å². The van der Waals surface area contributed by atoms with E-state index in [9.17, 15) is 9.59 Å². The third-order valence-corrected chi connectivity index (χ3v) is 5.85. The molecule has 3 rings (SSSR count). The standard InChI is InChI=1S/C18H23Cl2N3O2.ClH/c19-15-3-1-2-14(17(15)20)18(25)23-10-8-22(9-11-23)16(24)5-4-13-6-7-21-12-13;/h1-3,13,21H,4-12H2;1H. The fraction of sp³-hybridized carbons (Fsp3) is 0.556. The molecule has 0 radical (unpaired) electrons. The van der Waals surface area contributed by atoms with Crippen LogP contribution in [0.5, 0.6) is 0 Å². The van der Waals surface area contributed by atoms with Crippen LogP contribution in [0, 0.1) is 5.92 Å². The Morgan fingerprint density at radius 1 is 1.12 bits per heavy atom. The molecule has 26 heavy (non-hydrogen) atoms. The Kier molecular flexibility index (Phi) is 8.02. The van der Waals surface area contributed by atoms with Gasteiger partial charge in [0.2, 0.25) is 5.91 Å². The molecule has 2 aliphatic rings. The molecule has 2 fully saturated rings. The number of benzene rings is 1. The van der Waals surface area contributed by atoms with Gasteiger partial charge in [-0.15, -0.1) is 12.4 Å². The SMILES string of the molecule is Cl.O=C(CCC1CCNC1)N1CCN(C(=O)c2cccc(Cl)c2Cl)CC1. The summed E-state index contributed by atoms with van der Waals surface area (Å²) in [4.78, 5) is 28.6. The van der Waals surface area contributed by atoms with Crippen LogP contribution in [0.15, 0.2) is 18.2 Å². The van der Waals surface area contributed by atoms with Crippen LogP contribution >= 0.6 is 35.6 Å². The molecule has 1 aromatic rings. The first-order valence-corrected chi connectivity index (χ1v) is 9.53. The highest BCUT2D eigenvalue weighted by atomic mass is 35.5. The summed E-state index contributed by atoms with van der Waals surface area (Å²) in [5, 5.41) is 4.00. The molecule has 1 unspecified atom stereocenters. The molecule has 1 N–H and O–H groups in total. The average molecular weight is 421 g/mol. The monoisotopic (exact) mass is 419 g/mol. The molecule has 0 bridgehead atoms. The maximum Gasteiger partial charge on any atom is 0.255 e. The van der Waals surface area contributed by atoms with Gasteiger partial charge in [0, 0.05) is 32.6 Å². The van der Waals surface area contributed by atoms with Gasteiger partial charge in [-0.1, -0.05) is 29.3 Å². The predicted octanol–water partition coefficient (Wildman–Crippen LogP) is 3.09. The van der Waals surface area contributed by atoms with E-state index in [1.165, 1.54) is 0 Å². The summed E-state index contributed by atoms with van der Waals surface area (Å²) >= 11 is 12.1. The zero-order valence-electron chi connectivity index (χ0n) is 14.5. The summed E-state index contributed by atoms with van der Waals surface area (Å²) in [6.07, 6.45) is 2.71. The van der Waals surface area contributed by atoms with Crippen LogP contribution in [0.1, 0.15) is 29.6 Å². The number of halogens is 3. The van der Waals surface area contributed by atoms with Crippen LogP contribution in [0.3, 0.4) is 0 Å². The highest BCUT2D eigenvalue weighted by Gasteiger charge is 2.26. The van der Waals surface area contributed by atoms with Gasteiger partial charge in [0.1, 0.15) is 0 Å². The highest BCUT2D eigenvalue weighted by Crippen LogP contribution is 2.27. The maximum atomic E-state index is 12.6. The van der Waals surface area contributed by atoms with Crippen molar-refractivity contribution >= 4 is 47.4 Å². The summed E-state index contributed by atoms with van der Waals surface area (Å²) in [7, 11) is 0. The molecule has 2 saturated heterocycles. The Morgan fingerprint density at radius 2 is 1.81 bits per heavy atom. The van der Waals surface area contributed by atoms with Gasteiger partial charge in [-0.2, -0.15) is 0 Å². The van der Waals surface area contributed by atoms with Crippen LogP contribution in [0.2, 0.25) is 10.0 Å². The van der Waals surface area contributed by atoms with Gasteiger partial charge < -0.3 is 15.1 Å². The van der Waals surface area contributed by atoms with Crippen molar-refractivity contribution in [1.82, 2.24) is 15.1 Å². The molecule has 144 valence electrons. The minimum Gasteiger partial charge on any atom is -0.339 e. The van der Waals surface area contributed by atoms with Crippen molar-refractivity contribution in [3.8, 4) is 0 Å². The molecular formula is C18H24Cl3N3O2. The van der Waals surface area contributed by atoms with Crippen LogP contribution in [0.4, 0.5) is 0 Å². The van der Waals surface area contributed by atoms with Gasteiger partial charge in [-0.25, -0.2) is 0 Å². The van der Waals surface area contributed by atoms with Gasteiger partial charge in [0.05, 0.1) is 15.6 Å². The first-order valence-electron chi connectivity index (χ1n) is 8.78. The van der Waals surface area contributed by atoms with Crippen molar-refractivity contribution in [2.24, 2.45) is 5.92 Å². The molecule has 2 amide bonds. The lowest BCUT2D eigenvalue weighted by molar-refractivity contribution is -0.132. The second-order valence-corrected chi connectivity index (χ2v) is 7.46. The molecular weight excluding hydrogens is 397 g/mol. The van der Waals surface area contributed by atoms with E-state index in [-0.39, 0.29) is 29.2 Å². The number of amides is 2. The lowest BCUT2D eigenvalue weighted by atomic mass is 10.0. The lowest BCUT2D eigenvalue weighted by Gasteiger charge is -2.35. The van der Waals surface area contributed by atoms with Crippen molar-refractivity contribution in [3.63, 3.8) is 0 Å². The number of hydrogen-bond donors (Lipinski definition) is 1. The summed E-state index contributed by atoms with van der Waals surface area (Å²) in [6.45, 7) is 4.29. The quantitative estimate of drug-likeness (QED) is 0.814. The smallest absolute Gasteiger partial charge is 0.255 e. The summed E-state index contributed by atoms with van der Waals surface area (Å²) in [5.74, 6) is 0.688. The molecule has 1 aromatic carbocycles. The molecule has 2 aliphatic heterocycles. The normalized spacial score (nSPS) is 20.0. The van der Waals surface area contributed by atoms with Gasteiger partial charge in [0.25, 0.3) is 5.91 Å². The second kappa shape index (κ2) is 9.79. The number of piperazine rings is 1. The van der Waals surface area contributed by atoms with Gasteiger partial charge in [-0.3, -0.25) is 9.59 Å². The average Bonchev–Trinajstić information content (AvgIpc) is 3.15. The van der Waals surface area contributed by atoms with Crippen molar-refractivity contribution in [2.75, 3.05) is 39.3 Å². The Balaban J connectivity index is 0.00000243. The van der Waals surface area contributed by atoms with Gasteiger partial charge in [0.15, 0.2) is 0 Å².